The van der Waals surface area contributed by atoms with Gasteiger partial charge in [0.05, 0.1) is 13.2 Å². The zero-order valence-corrected chi connectivity index (χ0v) is 18.0. The number of carboxylic acids is 1. The number of nitrogens with one attached hydrogen (secondary N) is 1. The van der Waals surface area contributed by atoms with Gasteiger partial charge in [-0.05, 0) is 68.1 Å². The Hall–Kier alpha value is -3.06. The second-order valence-corrected chi connectivity index (χ2v) is 7.36. The molecule has 0 aliphatic heterocycles. The molecule has 0 bridgehead atoms. The van der Waals surface area contributed by atoms with E-state index < -0.39 is 18.2 Å². The summed E-state index contributed by atoms with van der Waals surface area (Å²) in [5.41, 5.74) is 4.30. The Morgan fingerprint density at radius 3 is 2.40 bits per heavy atom. The molecule has 0 fully saturated rings. The van der Waals surface area contributed by atoms with Crippen LogP contribution in [0.5, 0.6) is 5.75 Å². The van der Waals surface area contributed by atoms with Gasteiger partial charge in [-0.25, -0.2) is 9.59 Å². The molecule has 2 rings (SSSR count). The number of carbonyl (C=O) groups excluding carboxylic acids is 1. The Balaban J connectivity index is 2.06. The van der Waals surface area contributed by atoms with Gasteiger partial charge in [-0.2, -0.15) is 0 Å². The van der Waals surface area contributed by atoms with Crippen molar-refractivity contribution in [3.05, 3.63) is 58.7 Å². The fourth-order valence-corrected chi connectivity index (χ4v) is 2.93. The summed E-state index contributed by atoms with van der Waals surface area (Å²) in [4.78, 5) is 23.7. The van der Waals surface area contributed by atoms with E-state index in [9.17, 15) is 14.7 Å². The fraction of sp³-hybridized carbons (Fsp3) is 0.391. The van der Waals surface area contributed by atoms with Gasteiger partial charge >= 0.3 is 12.1 Å². The number of hydrogen-bond donors (Lipinski definition) is 2. The summed E-state index contributed by atoms with van der Waals surface area (Å²) in [6.45, 7) is 7.73. The molecule has 1 atom stereocenters. The van der Waals surface area contributed by atoms with Gasteiger partial charge in [0.1, 0.15) is 12.4 Å². The first-order valence-corrected chi connectivity index (χ1v) is 9.74. The van der Waals surface area contributed by atoms with Crippen LogP contribution in [0, 0.1) is 13.8 Å². The topological polar surface area (TPSA) is 94.1 Å². The largest absolute Gasteiger partial charge is 0.496 e. The predicted octanol–water partition coefficient (Wildman–Crippen LogP) is 4.48. The lowest BCUT2D eigenvalue weighted by Gasteiger charge is -2.18. The highest BCUT2D eigenvalue weighted by Gasteiger charge is 2.22. The molecule has 0 saturated carbocycles. The minimum Gasteiger partial charge on any atom is -0.496 e. The van der Waals surface area contributed by atoms with Crippen molar-refractivity contribution < 1.29 is 28.9 Å². The van der Waals surface area contributed by atoms with E-state index in [0.717, 1.165) is 11.1 Å². The molecule has 0 spiro atoms. The smallest absolute Gasteiger partial charge is 0.411 e. The monoisotopic (exact) mass is 415 g/mol. The molecule has 1 amide bonds. The number of benzene rings is 2. The van der Waals surface area contributed by atoms with Crippen LogP contribution in [0.3, 0.4) is 0 Å². The van der Waals surface area contributed by atoms with Crippen molar-refractivity contribution in [2.75, 3.05) is 12.4 Å². The minimum absolute atomic E-state index is 0.101. The van der Waals surface area contributed by atoms with Crippen molar-refractivity contribution in [1.29, 1.82) is 0 Å². The SMILES string of the molecule is COc1ccc(NC(=O)OCc2ccc(C)c(C)c2)cc1CC(OC(C)C)C(=O)O. The van der Waals surface area contributed by atoms with Gasteiger partial charge in [0, 0.05) is 12.1 Å². The number of carboxylic acid groups (broad SMARTS) is 1. The first-order chi connectivity index (χ1) is 14.2. The van der Waals surface area contributed by atoms with E-state index in [0.29, 0.717) is 17.0 Å². The highest BCUT2D eigenvalue weighted by atomic mass is 16.5. The molecular formula is C23H29NO6. The number of hydrogen-bond acceptors (Lipinski definition) is 5. The molecule has 30 heavy (non-hydrogen) atoms. The van der Waals surface area contributed by atoms with E-state index in [4.69, 9.17) is 14.2 Å². The van der Waals surface area contributed by atoms with Crippen molar-refractivity contribution in [1.82, 2.24) is 0 Å². The molecule has 0 saturated heterocycles. The first-order valence-electron chi connectivity index (χ1n) is 9.74. The number of aryl methyl sites for hydroxylation is 2. The minimum atomic E-state index is -1.06. The molecule has 1 unspecified atom stereocenters. The van der Waals surface area contributed by atoms with Crippen molar-refractivity contribution in [3.63, 3.8) is 0 Å². The van der Waals surface area contributed by atoms with Gasteiger partial charge in [-0.1, -0.05) is 18.2 Å². The third kappa shape index (κ3) is 6.77. The molecule has 0 aromatic heterocycles. The van der Waals surface area contributed by atoms with Gasteiger partial charge in [-0.3, -0.25) is 5.32 Å². The van der Waals surface area contributed by atoms with Gasteiger partial charge < -0.3 is 19.3 Å². The summed E-state index contributed by atoms with van der Waals surface area (Å²) in [6.07, 6.45) is -1.76. The van der Waals surface area contributed by atoms with Crippen LogP contribution in [0.2, 0.25) is 0 Å². The van der Waals surface area contributed by atoms with Gasteiger partial charge in [0.15, 0.2) is 6.10 Å². The highest BCUT2D eigenvalue weighted by molar-refractivity contribution is 5.85. The highest BCUT2D eigenvalue weighted by Crippen LogP contribution is 2.25. The van der Waals surface area contributed by atoms with E-state index in [1.54, 1.807) is 32.0 Å². The maximum absolute atomic E-state index is 12.2. The summed E-state index contributed by atoms with van der Waals surface area (Å²) in [6, 6.07) is 10.9. The summed E-state index contributed by atoms with van der Waals surface area (Å²) >= 11 is 0. The molecule has 0 radical (unpaired) electrons. The number of methoxy groups -OCH3 is 1. The van der Waals surface area contributed by atoms with Crippen LogP contribution < -0.4 is 10.1 Å². The molecular weight excluding hydrogens is 386 g/mol. The number of anilines is 1. The Morgan fingerprint density at radius 2 is 1.80 bits per heavy atom. The molecule has 2 aromatic carbocycles. The molecule has 7 nitrogen and oxygen atoms in total. The van der Waals surface area contributed by atoms with E-state index in [-0.39, 0.29) is 19.1 Å². The van der Waals surface area contributed by atoms with Crippen molar-refractivity contribution in [3.8, 4) is 5.75 Å². The Morgan fingerprint density at radius 1 is 1.07 bits per heavy atom. The molecule has 0 aliphatic rings. The number of ether oxygens (including phenoxy) is 3. The summed E-state index contributed by atoms with van der Waals surface area (Å²) in [5, 5.41) is 12.1. The summed E-state index contributed by atoms with van der Waals surface area (Å²) in [5.74, 6) is -0.542. The Labute approximate surface area is 177 Å². The Bertz CT molecular complexity index is 893. The van der Waals surface area contributed by atoms with Gasteiger partial charge in [0.2, 0.25) is 0 Å². The van der Waals surface area contributed by atoms with Crippen LogP contribution >= 0.6 is 0 Å². The van der Waals surface area contributed by atoms with Gasteiger partial charge in [0.25, 0.3) is 0 Å². The van der Waals surface area contributed by atoms with E-state index in [1.807, 2.05) is 32.0 Å². The van der Waals surface area contributed by atoms with Crippen LogP contribution in [0.1, 0.15) is 36.1 Å². The zero-order chi connectivity index (χ0) is 22.3. The fourth-order valence-electron chi connectivity index (χ4n) is 2.93. The van der Waals surface area contributed by atoms with E-state index in [1.165, 1.54) is 12.7 Å². The quantitative estimate of drug-likeness (QED) is 0.627. The van der Waals surface area contributed by atoms with Crippen LogP contribution in [0.15, 0.2) is 36.4 Å². The lowest BCUT2D eigenvalue weighted by molar-refractivity contribution is -0.153. The van der Waals surface area contributed by atoms with Crippen molar-refractivity contribution in [2.45, 2.75) is 52.9 Å². The second-order valence-electron chi connectivity index (χ2n) is 7.36. The molecule has 7 heteroatoms. The van der Waals surface area contributed by atoms with E-state index >= 15 is 0 Å². The van der Waals surface area contributed by atoms with Crippen molar-refractivity contribution in [2.24, 2.45) is 0 Å². The number of carbonyl (C=O) groups is 2. The van der Waals surface area contributed by atoms with Crippen LogP contribution in [-0.4, -0.2) is 36.5 Å². The average molecular weight is 415 g/mol. The molecule has 0 heterocycles. The number of aliphatic carboxylic acids is 1. The van der Waals surface area contributed by atoms with Crippen molar-refractivity contribution >= 4 is 17.7 Å². The maximum Gasteiger partial charge on any atom is 0.411 e. The van der Waals surface area contributed by atoms with E-state index in [2.05, 4.69) is 5.32 Å². The second kappa shape index (κ2) is 10.6. The third-order valence-corrected chi connectivity index (χ3v) is 4.59. The summed E-state index contributed by atoms with van der Waals surface area (Å²) < 4.78 is 16.1. The third-order valence-electron chi connectivity index (χ3n) is 4.59. The zero-order valence-electron chi connectivity index (χ0n) is 18.0. The number of rotatable bonds is 9. The summed E-state index contributed by atoms with van der Waals surface area (Å²) in [7, 11) is 1.50. The normalized spacial score (nSPS) is 11.8. The van der Waals surface area contributed by atoms with Gasteiger partial charge in [-0.15, -0.1) is 0 Å². The molecule has 2 aromatic rings. The van der Waals surface area contributed by atoms with Crippen LogP contribution in [0.4, 0.5) is 10.5 Å². The molecule has 0 aliphatic carbocycles. The molecule has 2 N–H and O–H groups in total. The Kier molecular flexibility index (Phi) is 8.24. The lowest BCUT2D eigenvalue weighted by Crippen LogP contribution is -2.29. The lowest BCUT2D eigenvalue weighted by atomic mass is 10.1. The van der Waals surface area contributed by atoms with Crippen LogP contribution in [-0.2, 0) is 27.3 Å². The van der Waals surface area contributed by atoms with Crippen LogP contribution in [0.25, 0.3) is 0 Å². The average Bonchev–Trinajstić information content (AvgIpc) is 2.68. The maximum atomic E-state index is 12.2. The first kappa shape index (κ1) is 23.2. The standard InChI is InChI=1S/C23H29NO6/c1-14(2)30-21(22(25)26)12-18-11-19(8-9-20(18)28-5)24-23(27)29-13-17-7-6-15(3)16(4)10-17/h6-11,14,21H,12-13H2,1-5H3,(H,24,27)(H,25,26). The number of amides is 1. The molecule has 162 valence electrons. The predicted molar refractivity (Wildman–Crippen MR) is 114 cm³/mol.